The molecule has 0 aliphatic rings. The van der Waals surface area contributed by atoms with Gasteiger partial charge in [-0.25, -0.2) is 9.89 Å². The molecule has 0 unspecified atom stereocenters. The molecule has 2 N–H and O–H groups in total. The Labute approximate surface area is 168 Å². The van der Waals surface area contributed by atoms with Crippen LogP contribution >= 0.6 is 0 Å². The lowest BCUT2D eigenvalue weighted by molar-refractivity contribution is -0.150. The van der Waals surface area contributed by atoms with Crippen LogP contribution in [0.3, 0.4) is 0 Å². The molecule has 0 spiro atoms. The van der Waals surface area contributed by atoms with E-state index in [1.54, 1.807) is 0 Å². The Morgan fingerprint density at radius 1 is 1.10 bits per heavy atom. The molecule has 0 saturated carbocycles. The predicted octanol–water partition coefficient (Wildman–Crippen LogP) is 3.14. The number of hydrogen-bond acceptors (Lipinski definition) is 5. The Hall–Kier alpha value is -3.55. The van der Waals surface area contributed by atoms with Gasteiger partial charge in [-0.05, 0) is 40.5 Å². The van der Waals surface area contributed by atoms with Crippen LogP contribution in [0.25, 0.3) is 22.5 Å². The second kappa shape index (κ2) is 9.09. The summed E-state index contributed by atoms with van der Waals surface area (Å²) in [4.78, 5) is 25.2. The van der Waals surface area contributed by atoms with E-state index in [1.807, 2.05) is 55.5 Å². The van der Waals surface area contributed by atoms with Gasteiger partial charge in [0.05, 0.1) is 0 Å². The van der Waals surface area contributed by atoms with E-state index in [1.165, 1.54) is 11.8 Å². The molecule has 8 nitrogen and oxygen atoms in total. The van der Waals surface area contributed by atoms with Gasteiger partial charge < -0.3 is 10.0 Å². The summed E-state index contributed by atoms with van der Waals surface area (Å²) in [6.45, 7) is 3.68. The number of carboxylic acid groups (broad SMARTS) is 1. The molecule has 0 saturated heterocycles. The van der Waals surface area contributed by atoms with Crippen molar-refractivity contribution in [3.05, 3.63) is 54.1 Å². The maximum Gasteiger partial charge on any atom is 0.326 e. The minimum Gasteiger partial charge on any atom is -0.480 e. The number of nitrogens with zero attached hydrogens (tertiary/aromatic N) is 4. The first-order valence-electron chi connectivity index (χ1n) is 9.46. The van der Waals surface area contributed by atoms with Gasteiger partial charge in [-0.2, -0.15) is 0 Å². The van der Waals surface area contributed by atoms with Crippen LogP contribution in [0.4, 0.5) is 0 Å². The molecular weight excluding hydrogens is 370 g/mol. The minimum atomic E-state index is -1.01. The standard InChI is InChI=1S/C21H23N5O3/c1-3-6-19(27)26(14(2)21(28)29)13-15-9-11-16(12-10-15)17-7-4-5-8-18(17)20-22-24-25-23-20/h4-5,7-12,14H,3,6,13H2,1-2H3,(H,28,29)(H,22,23,24,25)/t14-/m0/s1. The molecule has 1 aromatic heterocycles. The highest BCUT2D eigenvalue weighted by atomic mass is 16.4. The maximum atomic E-state index is 12.4. The van der Waals surface area contributed by atoms with E-state index in [0.29, 0.717) is 18.7 Å². The zero-order chi connectivity index (χ0) is 20.8. The van der Waals surface area contributed by atoms with Crippen LogP contribution in [0.15, 0.2) is 48.5 Å². The summed E-state index contributed by atoms with van der Waals surface area (Å²) >= 11 is 0. The second-order valence-electron chi connectivity index (χ2n) is 6.78. The largest absolute Gasteiger partial charge is 0.480 e. The van der Waals surface area contributed by atoms with E-state index in [0.717, 1.165) is 22.3 Å². The zero-order valence-corrected chi connectivity index (χ0v) is 16.4. The van der Waals surface area contributed by atoms with Crippen LogP contribution in [0, 0.1) is 0 Å². The van der Waals surface area contributed by atoms with Crippen molar-refractivity contribution in [3.63, 3.8) is 0 Å². The van der Waals surface area contributed by atoms with Gasteiger partial charge in [-0.1, -0.05) is 55.5 Å². The second-order valence-corrected chi connectivity index (χ2v) is 6.78. The highest BCUT2D eigenvalue weighted by Crippen LogP contribution is 2.30. The van der Waals surface area contributed by atoms with E-state index in [9.17, 15) is 14.7 Å². The van der Waals surface area contributed by atoms with Gasteiger partial charge in [0.2, 0.25) is 5.91 Å². The number of tetrazole rings is 1. The van der Waals surface area contributed by atoms with Crippen molar-refractivity contribution in [2.24, 2.45) is 0 Å². The number of carbonyl (C=O) groups is 2. The predicted molar refractivity (Wildman–Crippen MR) is 108 cm³/mol. The lowest BCUT2D eigenvalue weighted by Gasteiger charge is -2.26. The number of amides is 1. The fraction of sp³-hybridized carbons (Fsp3) is 0.286. The first-order chi connectivity index (χ1) is 14.0. The van der Waals surface area contributed by atoms with Gasteiger partial charge in [0, 0.05) is 18.5 Å². The summed E-state index contributed by atoms with van der Waals surface area (Å²) in [7, 11) is 0. The quantitative estimate of drug-likeness (QED) is 0.608. The molecule has 29 heavy (non-hydrogen) atoms. The number of carboxylic acids is 1. The fourth-order valence-electron chi connectivity index (χ4n) is 3.13. The third-order valence-corrected chi connectivity index (χ3v) is 4.75. The first-order valence-corrected chi connectivity index (χ1v) is 9.46. The number of rotatable bonds is 8. The molecule has 1 atom stereocenters. The van der Waals surface area contributed by atoms with Crippen LogP contribution in [0.2, 0.25) is 0 Å². The number of aromatic amines is 1. The maximum absolute atomic E-state index is 12.4. The molecule has 0 aliphatic carbocycles. The van der Waals surface area contributed by atoms with Crippen molar-refractivity contribution < 1.29 is 14.7 Å². The molecular formula is C21H23N5O3. The smallest absolute Gasteiger partial charge is 0.326 e. The van der Waals surface area contributed by atoms with E-state index < -0.39 is 12.0 Å². The minimum absolute atomic E-state index is 0.158. The SMILES string of the molecule is CCCC(=O)N(Cc1ccc(-c2ccccc2-c2nnn[nH]2)cc1)[C@@H](C)C(=O)O. The average molecular weight is 393 g/mol. The third kappa shape index (κ3) is 4.66. The van der Waals surface area contributed by atoms with Crippen molar-refractivity contribution in [3.8, 4) is 22.5 Å². The van der Waals surface area contributed by atoms with Gasteiger partial charge in [0.15, 0.2) is 5.82 Å². The van der Waals surface area contributed by atoms with Crippen molar-refractivity contribution >= 4 is 11.9 Å². The monoisotopic (exact) mass is 393 g/mol. The van der Waals surface area contributed by atoms with Crippen LogP contribution < -0.4 is 0 Å². The lowest BCUT2D eigenvalue weighted by Crippen LogP contribution is -2.42. The molecule has 3 rings (SSSR count). The molecule has 0 bridgehead atoms. The van der Waals surface area contributed by atoms with E-state index >= 15 is 0 Å². The molecule has 150 valence electrons. The topological polar surface area (TPSA) is 112 Å². The zero-order valence-electron chi connectivity index (χ0n) is 16.4. The fourth-order valence-corrected chi connectivity index (χ4v) is 3.13. The summed E-state index contributed by atoms with van der Waals surface area (Å²) in [5, 5.41) is 23.4. The van der Waals surface area contributed by atoms with Gasteiger partial charge >= 0.3 is 5.97 Å². The van der Waals surface area contributed by atoms with Crippen molar-refractivity contribution in [1.29, 1.82) is 0 Å². The number of hydrogen-bond donors (Lipinski definition) is 2. The molecule has 0 fully saturated rings. The summed E-state index contributed by atoms with van der Waals surface area (Å²) in [5.74, 6) is -0.591. The molecule has 2 aromatic carbocycles. The number of H-pyrrole nitrogens is 1. The van der Waals surface area contributed by atoms with Crippen LogP contribution in [0.5, 0.6) is 0 Å². The van der Waals surface area contributed by atoms with Crippen LogP contribution in [0.1, 0.15) is 32.3 Å². The van der Waals surface area contributed by atoms with Gasteiger partial charge in [-0.15, -0.1) is 5.10 Å². The number of carbonyl (C=O) groups excluding carboxylic acids is 1. The summed E-state index contributed by atoms with van der Waals surface area (Å²) < 4.78 is 0. The first kappa shape index (κ1) is 20.2. The normalized spacial score (nSPS) is 11.8. The summed E-state index contributed by atoms with van der Waals surface area (Å²) in [6.07, 6.45) is 1.00. The van der Waals surface area contributed by atoms with Crippen molar-refractivity contribution in [2.45, 2.75) is 39.3 Å². The lowest BCUT2D eigenvalue weighted by atomic mass is 9.98. The summed E-state index contributed by atoms with van der Waals surface area (Å²) in [6, 6.07) is 14.6. The number of aromatic nitrogens is 4. The molecule has 0 aliphatic heterocycles. The molecule has 1 heterocycles. The summed E-state index contributed by atoms with van der Waals surface area (Å²) in [5.41, 5.74) is 3.68. The highest BCUT2D eigenvalue weighted by molar-refractivity contribution is 5.83. The third-order valence-electron chi connectivity index (χ3n) is 4.75. The van der Waals surface area contributed by atoms with Crippen LogP contribution in [-0.4, -0.2) is 48.5 Å². The van der Waals surface area contributed by atoms with Crippen molar-refractivity contribution in [1.82, 2.24) is 25.5 Å². The van der Waals surface area contributed by atoms with Gasteiger partial charge in [-0.3, -0.25) is 4.79 Å². The Bertz CT molecular complexity index is 970. The Morgan fingerprint density at radius 3 is 2.38 bits per heavy atom. The number of aliphatic carboxylic acids is 1. The Morgan fingerprint density at radius 2 is 1.79 bits per heavy atom. The molecule has 8 heteroatoms. The number of benzene rings is 2. The average Bonchev–Trinajstić information content (AvgIpc) is 3.27. The highest BCUT2D eigenvalue weighted by Gasteiger charge is 2.25. The Balaban J connectivity index is 1.85. The molecule has 0 radical (unpaired) electrons. The van der Waals surface area contributed by atoms with E-state index in [-0.39, 0.29) is 12.5 Å². The van der Waals surface area contributed by atoms with E-state index in [4.69, 9.17) is 0 Å². The molecule has 3 aromatic rings. The van der Waals surface area contributed by atoms with Crippen molar-refractivity contribution in [2.75, 3.05) is 0 Å². The number of nitrogens with one attached hydrogen (secondary N) is 1. The van der Waals surface area contributed by atoms with Crippen LogP contribution in [-0.2, 0) is 16.1 Å². The van der Waals surface area contributed by atoms with Gasteiger partial charge in [0.1, 0.15) is 6.04 Å². The Kier molecular flexibility index (Phi) is 6.33. The van der Waals surface area contributed by atoms with Gasteiger partial charge in [0.25, 0.3) is 0 Å². The molecule has 1 amide bonds. The van der Waals surface area contributed by atoms with E-state index in [2.05, 4.69) is 20.6 Å².